The van der Waals surface area contributed by atoms with Gasteiger partial charge in [-0.05, 0) is 6.07 Å². The van der Waals surface area contributed by atoms with Crippen molar-refractivity contribution in [1.82, 2.24) is 14.5 Å². The third-order valence-electron chi connectivity index (χ3n) is 4.27. The van der Waals surface area contributed by atoms with Crippen LogP contribution >= 0.6 is 11.6 Å². The molecule has 7 nitrogen and oxygen atoms in total. The van der Waals surface area contributed by atoms with Crippen LogP contribution in [0.4, 0.5) is 5.82 Å². The van der Waals surface area contributed by atoms with Gasteiger partial charge in [-0.3, -0.25) is 4.79 Å². The van der Waals surface area contributed by atoms with Crippen molar-refractivity contribution in [2.24, 2.45) is 0 Å². The first-order chi connectivity index (χ1) is 12.0. The van der Waals surface area contributed by atoms with Gasteiger partial charge in [0.15, 0.2) is 0 Å². The smallest absolute Gasteiger partial charge is 0.323 e. The lowest BCUT2D eigenvalue weighted by Crippen LogP contribution is -2.51. The van der Waals surface area contributed by atoms with Crippen LogP contribution in [0.5, 0.6) is 0 Å². The van der Waals surface area contributed by atoms with Crippen molar-refractivity contribution < 1.29 is 15.0 Å². The molecule has 25 heavy (non-hydrogen) atoms. The number of nitrogens with zero attached hydrogens (tertiary/aromatic N) is 4. The Balaban J connectivity index is 1.97. The average Bonchev–Trinajstić information content (AvgIpc) is 2.90. The Kier molecular flexibility index (Phi) is 3.82. The number of fused-ring (bicyclic) bond motifs is 1. The van der Waals surface area contributed by atoms with Crippen molar-refractivity contribution >= 4 is 34.4 Å². The highest BCUT2D eigenvalue weighted by Crippen LogP contribution is 2.39. The van der Waals surface area contributed by atoms with Crippen molar-refractivity contribution in [3.63, 3.8) is 0 Å². The van der Waals surface area contributed by atoms with Gasteiger partial charge in [0.25, 0.3) is 0 Å². The molecule has 1 aliphatic rings. The van der Waals surface area contributed by atoms with Crippen LogP contribution in [-0.4, -0.2) is 49.9 Å². The van der Waals surface area contributed by atoms with Gasteiger partial charge >= 0.3 is 5.97 Å². The van der Waals surface area contributed by atoms with Crippen molar-refractivity contribution in [3.8, 4) is 11.1 Å². The van der Waals surface area contributed by atoms with Gasteiger partial charge in [0.1, 0.15) is 24.3 Å². The highest BCUT2D eigenvalue weighted by atomic mass is 35.5. The molecule has 0 atom stereocenters. The van der Waals surface area contributed by atoms with E-state index < -0.39 is 5.97 Å². The predicted molar refractivity (Wildman–Crippen MR) is 93.8 cm³/mol. The molecule has 1 aliphatic heterocycles. The summed E-state index contributed by atoms with van der Waals surface area (Å²) in [6, 6.07) is 7.38. The Hall–Kier alpha value is -2.64. The second-order valence-corrected chi connectivity index (χ2v) is 6.41. The molecule has 2 aromatic heterocycles. The molecule has 1 saturated heterocycles. The third kappa shape index (κ3) is 2.71. The molecule has 0 radical (unpaired) electrons. The predicted octanol–water partition coefficient (Wildman–Crippen LogP) is 2.02. The van der Waals surface area contributed by atoms with Gasteiger partial charge in [0.2, 0.25) is 0 Å². The molecular weight excluding hydrogens is 344 g/mol. The number of aromatic nitrogens is 3. The van der Waals surface area contributed by atoms with Crippen LogP contribution in [0, 0.1) is 0 Å². The van der Waals surface area contributed by atoms with Gasteiger partial charge in [0, 0.05) is 35.4 Å². The summed E-state index contributed by atoms with van der Waals surface area (Å²) in [5.41, 5.74) is 2.10. The largest absolute Gasteiger partial charge is 0.480 e. The van der Waals surface area contributed by atoms with Gasteiger partial charge in [-0.25, -0.2) is 9.97 Å². The Labute approximate surface area is 148 Å². The number of carbonyl (C=O) groups is 1. The summed E-state index contributed by atoms with van der Waals surface area (Å²) in [7, 11) is 0. The maximum absolute atomic E-state index is 11.2. The highest BCUT2D eigenvalue weighted by Gasteiger charge is 2.29. The van der Waals surface area contributed by atoms with Gasteiger partial charge in [0.05, 0.1) is 11.5 Å². The Morgan fingerprint density at radius 1 is 1.24 bits per heavy atom. The first-order valence-corrected chi connectivity index (χ1v) is 8.16. The molecule has 0 amide bonds. The zero-order valence-corrected chi connectivity index (χ0v) is 13.9. The fraction of sp³-hybridized carbons (Fsp3) is 0.235. The molecule has 4 rings (SSSR count). The lowest BCUT2D eigenvalue weighted by molar-refractivity contribution is -0.137. The van der Waals surface area contributed by atoms with Crippen LogP contribution in [0.1, 0.15) is 0 Å². The number of halogens is 1. The zero-order valence-electron chi connectivity index (χ0n) is 13.1. The summed E-state index contributed by atoms with van der Waals surface area (Å²) < 4.78 is 1.58. The molecule has 0 bridgehead atoms. The standard InChI is InChI=1S/C17H15ClN4O3/c18-13-4-2-1-3-11(13)12-7-22(8-14(24)25)17-15(12)16(19-9-20-17)21-5-10(23)6-21/h1-4,7,9-10,23H,5-6,8H2,(H,24,25). The number of carboxylic acids is 1. The molecular formula is C17H15ClN4O3. The maximum atomic E-state index is 11.2. The lowest BCUT2D eigenvalue weighted by atomic mass is 10.0. The first-order valence-electron chi connectivity index (χ1n) is 7.78. The van der Waals surface area contributed by atoms with E-state index in [4.69, 9.17) is 11.6 Å². The average molecular weight is 359 g/mol. The molecule has 0 spiro atoms. The molecule has 128 valence electrons. The van der Waals surface area contributed by atoms with Crippen LogP contribution in [0.2, 0.25) is 5.02 Å². The number of benzene rings is 1. The SMILES string of the molecule is O=C(O)Cn1cc(-c2ccccc2Cl)c2c(N3CC(O)C3)ncnc21. The van der Waals surface area contributed by atoms with Crippen molar-refractivity contribution in [1.29, 1.82) is 0 Å². The number of aliphatic hydroxyl groups is 1. The zero-order chi connectivity index (χ0) is 17.6. The van der Waals surface area contributed by atoms with E-state index in [1.54, 1.807) is 16.8 Å². The minimum absolute atomic E-state index is 0.208. The third-order valence-corrected chi connectivity index (χ3v) is 4.59. The summed E-state index contributed by atoms with van der Waals surface area (Å²) in [4.78, 5) is 21.8. The topological polar surface area (TPSA) is 91.5 Å². The second kappa shape index (κ2) is 6.02. The lowest BCUT2D eigenvalue weighted by Gasteiger charge is -2.37. The molecule has 0 aliphatic carbocycles. The van der Waals surface area contributed by atoms with Crippen LogP contribution < -0.4 is 4.90 Å². The number of hydrogen-bond acceptors (Lipinski definition) is 5. The number of carboxylic acid groups (broad SMARTS) is 1. The molecule has 1 aromatic carbocycles. The quantitative estimate of drug-likeness (QED) is 0.741. The second-order valence-electron chi connectivity index (χ2n) is 6.00. The van der Waals surface area contributed by atoms with E-state index in [0.717, 1.165) is 16.5 Å². The van der Waals surface area contributed by atoms with E-state index >= 15 is 0 Å². The van der Waals surface area contributed by atoms with E-state index in [1.807, 2.05) is 23.1 Å². The summed E-state index contributed by atoms with van der Waals surface area (Å²) in [6.45, 7) is 0.760. The van der Waals surface area contributed by atoms with Gasteiger partial charge in [-0.1, -0.05) is 29.8 Å². The number of aliphatic hydroxyl groups excluding tert-OH is 1. The van der Waals surface area contributed by atoms with E-state index in [9.17, 15) is 15.0 Å². The summed E-state index contributed by atoms with van der Waals surface area (Å²) >= 11 is 6.36. The van der Waals surface area contributed by atoms with E-state index in [1.165, 1.54) is 6.33 Å². The van der Waals surface area contributed by atoms with Gasteiger partial charge in [-0.2, -0.15) is 0 Å². The number of rotatable bonds is 4. The van der Waals surface area contributed by atoms with Crippen LogP contribution in [0.25, 0.3) is 22.2 Å². The number of β-amino-alcohol motifs (C(OH)–C–C–N with tert-alkyl or cyclic N) is 1. The molecule has 8 heteroatoms. The number of anilines is 1. The van der Waals surface area contributed by atoms with E-state index in [-0.39, 0.29) is 12.6 Å². The van der Waals surface area contributed by atoms with Crippen LogP contribution in [0.15, 0.2) is 36.8 Å². The monoisotopic (exact) mass is 358 g/mol. The molecule has 3 heterocycles. The molecule has 2 N–H and O–H groups in total. The maximum Gasteiger partial charge on any atom is 0.323 e. The van der Waals surface area contributed by atoms with Gasteiger partial charge in [-0.15, -0.1) is 0 Å². The molecule has 3 aromatic rings. The minimum Gasteiger partial charge on any atom is -0.480 e. The minimum atomic E-state index is -0.956. The molecule has 1 fully saturated rings. The Bertz CT molecular complexity index is 966. The summed E-state index contributed by atoms with van der Waals surface area (Å²) in [5, 5.41) is 20.1. The number of aliphatic carboxylic acids is 1. The van der Waals surface area contributed by atoms with E-state index in [2.05, 4.69) is 9.97 Å². The van der Waals surface area contributed by atoms with Crippen LogP contribution in [0.3, 0.4) is 0 Å². The normalized spacial score (nSPS) is 14.7. The fourth-order valence-electron chi connectivity index (χ4n) is 3.13. The van der Waals surface area contributed by atoms with Crippen molar-refractivity contribution in [2.45, 2.75) is 12.6 Å². The fourth-order valence-corrected chi connectivity index (χ4v) is 3.36. The molecule has 0 saturated carbocycles. The van der Waals surface area contributed by atoms with Crippen molar-refractivity contribution in [3.05, 3.63) is 41.8 Å². The van der Waals surface area contributed by atoms with Gasteiger partial charge < -0.3 is 19.7 Å². The Morgan fingerprint density at radius 2 is 2.00 bits per heavy atom. The van der Waals surface area contributed by atoms with Crippen LogP contribution in [-0.2, 0) is 11.3 Å². The molecule has 0 unspecified atom stereocenters. The van der Waals surface area contributed by atoms with Crippen molar-refractivity contribution in [2.75, 3.05) is 18.0 Å². The number of hydrogen-bond donors (Lipinski definition) is 2. The highest BCUT2D eigenvalue weighted by molar-refractivity contribution is 6.33. The van der Waals surface area contributed by atoms with E-state index in [0.29, 0.717) is 29.6 Å². The summed E-state index contributed by atoms with van der Waals surface area (Å²) in [6.07, 6.45) is 2.78. The first kappa shape index (κ1) is 15.9. The summed E-state index contributed by atoms with van der Waals surface area (Å²) in [5.74, 6) is -0.281. The Morgan fingerprint density at radius 3 is 2.68 bits per heavy atom.